The molecular formula is C21H21BrF3N3O2. The minimum Gasteiger partial charge on any atom is -0.406 e. The second-order valence-electron chi connectivity index (χ2n) is 7.52. The third-order valence-electron chi connectivity index (χ3n) is 5.69. The van der Waals surface area contributed by atoms with Crippen LogP contribution in [-0.4, -0.2) is 33.9 Å². The van der Waals surface area contributed by atoms with E-state index >= 15 is 0 Å². The summed E-state index contributed by atoms with van der Waals surface area (Å²) in [5.41, 5.74) is 2.53. The predicted molar refractivity (Wildman–Crippen MR) is 112 cm³/mol. The van der Waals surface area contributed by atoms with Crippen molar-refractivity contribution in [2.75, 3.05) is 13.1 Å². The van der Waals surface area contributed by atoms with E-state index in [0.29, 0.717) is 0 Å². The van der Waals surface area contributed by atoms with E-state index in [4.69, 9.17) is 0 Å². The van der Waals surface area contributed by atoms with E-state index in [1.165, 1.54) is 12.1 Å². The molecule has 9 heteroatoms. The monoisotopic (exact) mass is 483 g/mol. The van der Waals surface area contributed by atoms with E-state index in [0.717, 1.165) is 47.0 Å². The number of H-pyrrole nitrogens is 1. The van der Waals surface area contributed by atoms with Crippen LogP contribution in [-0.2, 0) is 0 Å². The Morgan fingerprint density at radius 3 is 2.43 bits per heavy atom. The lowest BCUT2D eigenvalue weighted by molar-refractivity contribution is -0.274. The smallest absolute Gasteiger partial charge is 0.406 e. The number of alkyl halides is 3. The number of aromatic nitrogens is 2. The fraction of sp³-hybridized carbons (Fsp3) is 0.381. The number of hydrogen-bond acceptors (Lipinski definition) is 3. The maximum atomic E-state index is 12.5. The first-order valence-corrected chi connectivity index (χ1v) is 10.5. The number of rotatable bonds is 4. The lowest BCUT2D eigenvalue weighted by atomic mass is 10.00. The summed E-state index contributed by atoms with van der Waals surface area (Å²) in [4.78, 5) is 17.7. The molecule has 1 aliphatic heterocycles. The van der Waals surface area contributed by atoms with Crippen LogP contribution in [0.4, 0.5) is 13.2 Å². The van der Waals surface area contributed by atoms with Crippen molar-refractivity contribution in [2.24, 2.45) is 0 Å². The van der Waals surface area contributed by atoms with Crippen LogP contribution >= 0.6 is 15.9 Å². The summed E-state index contributed by atoms with van der Waals surface area (Å²) < 4.78 is 43.7. The van der Waals surface area contributed by atoms with E-state index < -0.39 is 6.36 Å². The molecule has 0 saturated carbocycles. The summed E-state index contributed by atoms with van der Waals surface area (Å²) >= 11 is 3.47. The molecule has 2 heterocycles. The summed E-state index contributed by atoms with van der Waals surface area (Å²) in [5, 5.41) is 0. The molecule has 1 fully saturated rings. The van der Waals surface area contributed by atoms with E-state index in [-0.39, 0.29) is 23.5 Å². The molecule has 0 bridgehead atoms. The number of aromatic amines is 1. The first-order valence-electron chi connectivity index (χ1n) is 9.71. The zero-order valence-corrected chi connectivity index (χ0v) is 17.8. The molecule has 4 rings (SSSR count). The molecule has 30 heavy (non-hydrogen) atoms. The average Bonchev–Trinajstić information content (AvgIpc) is 3.02. The van der Waals surface area contributed by atoms with Crippen molar-refractivity contribution in [3.8, 4) is 5.75 Å². The molecular weight excluding hydrogens is 463 g/mol. The van der Waals surface area contributed by atoms with E-state index in [1.807, 2.05) is 29.7 Å². The molecule has 1 N–H and O–H groups in total. The summed E-state index contributed by atoms with van der Waals surface area (Å²) in [6, 6.07) is 11.9. The molecule has 0 aliphatic carbocycles. The van der Waals surface area contributed by atoms with Crippen LogP contribution in [0.25, 0.3) is 11.0 Å². The van der Waals surface area contributed by atoms with Crippen molar-refractivity contribution >= 4 is 27.0 Å². The Morgan fingerprint density at radius 1 is 1.13 bits per heavy atom. The van der Waals surface area contributed by atoms with Crippen molar-refractivity contribution in [3.05, 3.63) is 63.0 Å². The van der Waals surface area contributed by atoms with Gasteiger partial charge in [-0.05, 0) is 55.7 Å². The van der Waals surface area contributed by atoms with Crippen molar-refractivity contribution in [3.63, 3.8) is 0 Å². The van der Waals surface area contributed by atoms with Crippen LogP contribution in [0.5, 0.6) is 5.75 Å². The minimum absolute atomic E-state index is 0.0553. The third-order valence-corrected chi connectivity index (χ3v) is 6.18. The Morgan fingerprint density at radius 2 is 1.80 bits per heavy atom. The molecule has 0 spiro atoms. The van der Waals surface area contributed by atoms with Gasteiger partial charge in [-0.2, -0.15) is 0 Å². The quantitative estimate of drug-likeness (QED) is 0.541. The molecule has 1 saturated heterocycles. The summed E-state index contributed by atoms with van der Waals surface area (Å²) in [6.07, 6.45) is -3.05. The molecule has 1 atom stereocenters. The Balaban J connectivity index is 1.44. The number of nitrogens with one attached hydrogen (secondary N) is 1. The molecule has 2 aromatic carbocycles. The van der Waals surface area contributed by atoms with Gasteiger partial charge in [0, 0.05) is 29.6 Å². The van der Waals surface area contributed by atoms with Gasteiger partial charge >= 0.3 is 12.1 Å². The number of piperidine rings is 1. The van der Waals surface area contributed by atoms with Crippen LogP contribution < -0.4 is 10.4 Å². The van der Waals surface area contributed by atoms with Crippen LogP contribution in [0.3, 0.4) is 0 Å². The van der Waals surface area contributed by atoms with Gasteiger partial charge in [-0.25, -0.2) is 4.79 Å². The number of imidazole rings is 1. The van der Waals surface area contributed by atoms with Crippen molar-refractivity contribution in [1.29, 1.82) is 0 Å². The third kappa shape index (κ3) is 4.41. The Labute approximate surface area is 179 Å². The second-order valence-corrected chi connectivity index (χ2v) is 8.44. The van der Waals surface area contributed by atoms with Gasteiger partial charge in [-0.15, -0.1) is 13.2 Å². The number of benzene rings is 2. The van der Waals surface area contributed by atoms with Crippen LogP contribution in [0, 0.1) is 0 Å². The Kier molecular flexibility index (Phi) is 5.67. The van der Waals surface area contributed by atoms with Gasteiger partial charge < -0.3 is 9.72 Å². The average molecular weight is 484 g/mol. The zero-order chi connectivity index (χ0) is 21.5. The molecule has 1 aliphatic rings. The van der Waals surface area contributed by atoms with Crippen molar-refractivity contribution < 1.29 is 17.9 Å². The number of halogens is 4. The maximum absolute atomic E-state index is 12.5. The molecule has 160 valence electrons. The Bertz CT molecular complexity index is 1080. The highest BCUT2D eigenvalue weighted by atomic mass is 79.9. The van der Waals surface area contributed by atoms with Crippen molar-refractivity contribution in [2.45, 2.75) is 38.2 Å². The van der Waals surface area contributed by atoms with Crippen LogP contribution in [0.2, 0.25) is 0 Å². The number of hydrogen-bond donors (Lipinski definition) is 1. The van der Waals surface area contributed by atoms with Gasteiger partial charge in [-0.3, -0.25) is 9.47 Å². The largest absolute Gasteiger partial charge is 0.573 e. The summed E-state index contributed by atoms with van der Waals surface area (Å²) in [7, 11) is 0. The first-order chi connectivity index (χ1) is 14.2. The highest BCUT2D eigenvalue weighted by molar-refractivity contribution is 9.10. The van der Waals surface area contributed by atoms with Crippen LogP contribution in [0.15, 0.2) is 51.7 Å². The van der Waals surface area contributed by atoms with Crippen LogP contribution in [0.1, 0.15) is 37.4 Å². The van der Waals surface area contributed by atoms with E-state index in [9.17, 15) is 18.0 Å². The van der Waals surface area contributed by atoms with Gasteiger partial charge in [-0.1, -0.05) is 28.1 Å². The lowest BCUT2D eigenvalue weighted by Gasteiger charge is -2.36. The van der Waals surface area contributed by atoms with Gasteiger partial charge in [0.05, 0.1) is 11.0 Å². The number of fused-ring (bicyclic) bond motifs is 1. The standard InChI is InChI=1S/C21H21BrF3N3O2/c1-13(14-2-5-17(6-3-14)30-21(23,24)25)27-10-8-16(9-11-27)28-19-12-15(22)4-7-18(19)26-20(28)29/h2-7,12-13,16H,8-11H2,1H3,(H,26,29). The normalized spacial score (nSPS) is 17.4. The molecule has 3 aromatic rings. The predicted octanol–water partition coefficient (Wildman–Crippen LogP) is 5.39. The second kappa shape index (κ2) is 8.11. The number of likely N-dealkylation sites (tertiary alicyclic amines) is 1. The van der Waals surface area contributed by atoms with Gasteiger partial charge in [0.15, 0.2) is 0 Å². The number of ether oxygens (including phenoxy) is 1. The SMILES string of the molecule is CC(c1ccc(OC(F)(F)F)cc1)N1CCC(n2c(=O)[nH]c3ccc(Br)cc32)CC1. The fourth-order valence-electron chi connectivity index (χ4n) is 4.15. The van der Waals surface area contributed by atoms with Gasteiger partial charge in [0.1, 0.15) is 5.75 Å². The summed E-state index contributed by atoms with van der Waals surface area (Å²) in [6.45, 7) is 3.62. The topological polar surface area (TPSA) is 50.3 Å². The first kappa shape index (κ1) is 21.0. The molecule has 1 unspecified atom stereocenters. The Hall–Kier alpha value is -2.26. The number of nitrogens with zero attached hydrogens (tertiary/aromatic N) is 2. The molecule has 0 amide bonds. The zero-order valence-electron chi connectivity index (χ0n) is 16.2. The van der Waals surface area contributed by atoms with Crippen molar-refractivity contribution in [1.82, 2.24) is 14.5 Å². The summed E-state index contributed by atoms with van der Waals surface area (Å²) in [5.74, 6) is -0.220. The van der Waals surface area contributed by atoms with Gasteiger partial charge in [0.25, 0.3) is 0 Å². The van der Waals surface area contributed by atoms with Gasteiger partial charge in [0.2, 0.25) is 0 Å². The van der Waals surface area contributed by atoms with E-state index in [1.54, 1.807) is 12.1 Å². The molecule has 0 radical (unpaired) electrons. The maximum Gasteiger partial charge on any atom is 0.573 e. The molecule has 1 aromatic heterocycles. The lowest BCUT2D eigenvalue weighted by Crippen LogP contribution is -2.38. The van der Waals surface area contributed by atoms with E-state index in [2.05, 4.69) is 30.6 Å². The minimum atomic E-state index is -4.69. The highest BCUT2D eigenvalue weighted by Gasteiger charge is 2.31. The molecule has 5 nitrogen and oxygen atoms in total. The fourth-order valence-corrected chi connectivity index (χ4v) is 4.50. The highest BCUT2D eigenvalue weighted by Crippen LogP contribution is 2.32.